The van der Waals surface area contributed by atoms with Crippen molar-refractivity contribution in [3.63, 3.8) is 0 Å². The van der Waals surface area contributed by atoms with Crippen LogP contribution in [0.4, 0.5) is 32.0 Å². The second-order valence-corrected chi connectivity index (χ2v) is 6.93. The molecule has 0 unspecified atom stereocenters. The summed E-state index contributed by atoms with van der Waals surface area (Å²) >= 11 is 0. The van der Waals surface area contributed by atoms with E-state index in [9.17, 15) is 30.6 Å². The zero-order valence-corrected chi connectivity index (χ0v) is 10.7. The minimum Gasteiger partial charge on any atom is -0.249 e. The maximum absolute atomic E-state index is 12.6. The molecule has 2 rings (SSSR count). The van der Waals surface area contributed by atoms with Gasteiger partial charge in [0.15, 0.2) is 0 Å². The topological polar surface area (TPSA) is 29.4 Å². The molecule has 112 valence electrons. The van der Waals surface area contributed by atoms with E-state index in [2.05, 4.69) is 4.36 Å². The summed E-state index contributed by atoms with van der Waals surface area (Å²) in [6, 6.07) is 0.993. The molecule has 0 N–H and O–H groups in total. The van der Waals surface area contributed by atoms with E-state index in [0.717, 1.165) is 0 Å². The molecule has 0 aliphatic carbocycles. The Kier molecular flexibility index (Phi) is 3.52. The van der Waals surface area contributed by atoms with Crippen LogP contribution >= 0.6 is 0 Å². The molecule has 0 radical (unpaired) electrons. The summed E-state index contributed by atoms with van der Waals surface area (Å²) in [4.78, 5) is 0. The summed E-state index contributed by atoms with van der Waals surface area (Å²) in [6.45, 7) is 0. The number of hydrogen-bond donors (Lipinski definition) is 0. The zero-order valence-electron chi connectivity index (χ0n) is 9.88. The average Bonchev–Trinajstić information content (AvgIpc) is 2.24. The number of halogens is 6. The molecule has 9 heteroatoms. The number of nitrogens with zero attached hydrogens (tertiary/aromatic N) is 1. The third-order valence-electron chi connectivity index (χ3n) is 2.77. The number of rotatable bonds is 1. The van der Waals surface area contributed by atoms with Gasteiger partial charge in [0.2, 0.25) is 0 Å². The van der Waals surface area contributed by atoms with Crippen molar-refractivity contribution < 1.29 is 30.6 Å². The van der Waals surface area contributed by atoms with Crippen molar-refractivity contribution in [3.8, 4) is 0 Å². The minimum atomic E-state index is -4.92. The van der Waals surface area contributed by atoms with Gasteiger partial charge in [0.25, 0.3) is 0 Å². The molecule has 0 spiro atoms. The molecule has 1 aromatic rings. The van der Waals surface area contributed by atoms with Crippen molar-refractivity contribution in [3.05, 3.63) is 29.3 Å². The molecule has 1 aromatic carbocycles. The molecule has 1 heterocycles. The highest BCUT2D eigenvalue weighted by atomic mass is 32.2. The average molecular weight is 317 g/mol. The molecule has 0 bridgehead atoms. The van der Waals surface area contributed by atoms with Crippen LogP contribution in [0.15, 0.2) is 22.6 Å². The lowest BCUT2D eigenvalue weighted by Gasteiger charge is -2.19. The standard InChI is InChI=1S/C11H9F6NOS/c12-10(13,14)7-4-8(11(15,16)17)6-9(5-7)18-20(19)2-1-3-20/h4-6H,1-3H2. The summed E-state index contributed by atoms with van der Waals surface area (Å²) in [6.07, 6.45) is -9.24. The first-order chi connectivity index (χ1) is 9.00. The number of hydrogen-bond acceptors (Lipinski definition) is 2. The van der Waals surface area contributed by atoms with E-state index in [0.29, 0.717) is 18.6 Å². The first-order valence-corrected chi connectivity index (χ1v) is 7.37. The van der Waals surface area contributed by atoms with Crippen LogP contribution in [0.25, 0.3) is 0 Å². The molecular formula is C11H9F6NOS. The van der Waals surface area contributed by atoms with Gasteiger partial charge in [0.1, 0.15) is 0 Å². The lowest BCUT2D eigenvalue weighted by Crippen LogP contribution is -2.23. The molecule has 0 saturated carbocycles. The van der Waals surface area contributed by atoms with Crippen molar-refractivity contribution in [1.29, 1.82) is 0 Å². The monoisotopic (exact) mass is 317 g/mol. The predicted octanol–water partition coefficient (Wildman–Crippen LogP) is 4.23. The maximum Gasteiger partial charge on any atom is 0.416 e. The van der Waals surface area contributed by atoms with Crippen LogP contribution in [0.3, 0.4) is 0 Å². The van der Waals surface area contributed by atoms with E-state index in [1.54, 1.807) is 0 Å². The van der Waals surface area contributed by atoms with Crippen LogP contribution in [0, 0.1) is 0 Å². The quantitative estimate of drug-likeness (QED) is 0.713. The molecule has 1 fully saturated rings. The largest absolute Gasteiger partial charge is 0.416 e. The molecule has 1 aliphatic heterocycles. The zero-order chi connectivity index (χ0) is 15.2. The van der Waals surface area contributed by atoms with Crippen LogP contribution in [-0.4, -0.2) is 15.7 Å². The van der Waals surface area contributed by atoms with Gasteiger partial charge in [-0.1, -0.05) is 0 Å². The Morgan fingerprint density at radius 3 is 1.65 bits per heavy atom. The second kappa shape index (κ2) is 4.64. The molecule has 20 heavy (non-hydrogen) atoms. The van der Waals surface area contributed by atoms with Crippen molar-refractivity contribution >= 4 is 15.4 Å². The first-order valence-electron chi connectivity index (χ1n) is 5.52. The smallest absolute Gasteiger partial charge is 0.249 e. The summed E-state index contributed by atoms with van der Waals surface area (Å²) in [7, 11) is -2.68. The van der Waals surface area contributed by atoms with Crippen LogP contribution in [-0.2, 0) is 22.1 Å². The van der Waals surface area contributed by atoms with Gasteiger partial charge in [-0.3, -0.25) is 0 Å². The minimum absolute atomic E-state index is 0.0204. The Bertz CT molecular complexity index is 597. The SMILES string of the molecule is O=S1(=Nc2cc(C(F)(F)F)cc(C(F)(F)F)c2)CCC1. The second-order valence-electron chi connectivity index (χ2n) is 4.39. The van der Waals surface area contributed by atoms with E-state index in [1.165, 1.54) is 0 Å². The van der Waals surface area contributed by atoms with E-state index in [1.807, 2.05) is 0 Å². The normalized spacial score (nSPS) is 18.5. The molecule has 0 aromatic heterocycles. The predicted molar refractivity (Wildman–Crippen MR) is 61.0 cm³/mol. The Hall–Kier alpha value is -1.25. The highest BCUT2D eigenvalue weighted by molar-refractivity contribution is 7.95. The Morgan fingerprint density at radius 1 is 0.900 bits per heavy atom. The summed E-state index contributed by atoms with van der Waals surface area (Å²) < 4.78 is 90.9. The first kappa shape index (κ1) is 15.1. The fraction of sp³-hybridized carbons (Fsp3) is 0.455. The van der Waals surface area contributed by atoms with Crippen LogP contribution in [0.2, 0.25) is 0 Å². The highest BCUT2D eigenvalue weighted by Gasteiger charge is 2.37. The van der Waals surface area contributed by atoms with Gasteiger partial charge in [0.05, 0.1) is 26.5 Å². The number of alkyl halides is 6. The van der Waals surface area contributed by atoms with Crippen molar-refractivity contribution in [2.75, 3.05) is 11.5 Å². The molecular weight excluding hydrogens is 308 g/mol. The summed E-state index contributed by atoms with van der Waals surface area (Å²) in [5.74, 6) is 0.398. The lowest BCUT2D eigenvalue weighted by atomic mass is 10.1. The van der Waals surface area contributed by atoms with Gasteiger partial charge < -0.3 is 0 Å². The van der Waals surface area contributed by atoms with Gasteiger partial charge in [-0.2, -0.15) is 30.7 Å². The van der Waals surface area contributed by atoms with Crippen molar-refractivity contribution in [1.82, 2.24) is 0 Å². The van der Waals surface area contributed by atoms with E-state index >= 15 is 0 Å². The Balaban J connectivity index is 2.58. The highest BCUT2D eigenvalue weighted by Crippen LogP contribution is 2.38. The van der Waals surface area contributed by atoms with Crippen LogP contribution < -0.4 is 0 Å². The van der Waals surface area contributed by atoms with E-state index in [4.69, 9.17) is 0 Å². The Morgan fingerprint density at radius 2 is 1.35 bits per heavy atom. The van der Waals surface area contributed by atoms with Gasteiger partial charge >= 0.3 is 12.4 Å². The molecule has 2 nitrogen and oxygen atoms in total. The van der Waals surface area contributed by atoms with Crippen LogP contribution in [0.1, 0.15) is 17.5 Å². The van der Waals surface area contributed by atoms with E-state index in [-0.39, 0.29) is 17.6 Å². The fourth-order valence-electron chi connectivity index (χ4n) is 1.67. The summed E-state index contributed by atoms with van der Waals surface area (Å²) in [5.41, 5.74) is -3.45. The third-order valence-corrected chi connectivity index (χ3v) is 5.17. The molecule has 0 amide bonds. The van der Waals surface area contributed by atoms with Gasteiger partial charge in [-0.25, -0.2) is 4.21 Å². The van der Waals surface area contributed by atoms with Crippen LogP contribution in [0.5, 0.6) is 0 Å². The maximum atomic E-state index is 12.6. The third kappa shape index (κ3) is 3.25. The van der Waals surface area contributed by atoms with Gasteiger partial charge in [0, 0.05) is 11.5 Å². The van der Waals surface area contributed by atoms with Crippen molar-refractivity contribution in [2.24, 2.45) is 4.36 Å². The Labute approximate surface area is 111 Å². The van der Waals surface area contributed by atoms with Gasteiger partial charge in [-0.15, -0.1) is 0 Å². The fourth-order valence-corrected chi connectivity index (χ4v) is 3.12. The van der Waals surface area contributed by atoms with Crippen molar-refractivity contribution in [2.45, 2.75) is 18.8 Å². The molecule has 0 atom stereocenters. The van der Waals surface area contributed by atoms with Gasteiger partial charge in [-0.05, 0) is 24.6 Å². The molecule has 1 saturated heterocycles. The number of benzene rings is 1. The summed E-state index contributed by atoms with van der Waals surface area (Å²) in [5, 5.41) is 0. The molecule has 1 aliphatic rings. The lowest BCUT2D eigenvalue weighted by molar-refractivity contribution is -0.143. The van der Waals surface area contributed by atoms with E-state index < -0.39 is 38.9 Å².